The Morgan fingerprint density at radius 1 is 1.38 bits per heavy atom. The van der Waals surface area contributed by atoms with Crippen LogP contribution in [0.15, 0.2) is 12.1 Å². The summed E-state index contributed by atoms with van der Waals surface area (Å²) in [4.78, 5) is 2.07. The average molecular weight is 218 g/mol. The molecule has 0 saturated carbocycles. The Hall–Kier alpha value is -1.69. The average Bonchev–Trinajstić information content (AvgIpc) is 2.24. The fraction of sp³-hybridized carbons (Fsp3) is 0.462. The van der Waals surface area contributed by atoms with Crippen molar-refractivity contribution in [1.82, 2.24) is 0 Å². The second-order valence-corrected chi connectivity index (χ2v) is 3.96. The molecule has 0 bridgehead atoms. The number of methoxy groups -OCH3 is 1. The molecule has 0 amide bonds. The standard InChI is InChI=1S/C13H18N2O/c1-10-8-11(2)13(12(9-10)16-4)15(3)7-5-6-14/h8-9H,5,7H2,1-4H3. The number of rotatable bonds is 4. The highest BCUT2D eigenvalue weighted by atomic mass is 16.5. The van der Waals surface area contributed by atoms with E-state index in [4.69, 9.17) is 10.00 Å². The molecule has 0 heterocycles. The zero-order valence-electron chi connectivity index (χ0n) is 10.4. The minimum atomic E-state index is 0.521. The van der Waals surface area contributed by atoms with E-state index in [-0.39, 0.29) is 0 Å². The van der Waals surface area contributed by atoms with Crippen LogP contribution in [-0.4, -0.2) is 20.7 Å². The molecule has 0 aliphatic carbocycles. The molecule has 0 saturated heterocycles. The summed E-state index contributed by atoms with van der Waals surface area (Å²) in [6.45, 7) is 4.83. The lowest BCUT2D eigenvalue weighted by Crippen LogP contribution is -2.20. The van der Waals surface area contributed by atoms with Gasteiger partial charge in [-0.25, -0.2) is 0 Å². The Morgan fingerprint density at radius 2 is 2.06 bits per heavy atom. The van der Waals surface area contributed by atoms with Gasteiger partial charge in [-0.2, -0.15) is 5.26 Å². The fourth-order valence-corrected chi connectivity index (χ4v) is 1.90. The molecule has 0 radical (unpaired) electrons. The Labute approximate surface area is 97.3 Å². The minimum Gasteiger partial charge on any atom is -0.495 e. The van der Waals surface area contributed by atoms with E-state index in [1.807, 2.05) is 13.1 Å². The first kappa shape index (κ1) is 12.4. The quantitative estimate of drug-likeness (QED) is 0.779. The number of hydrogen-bond donors (Lipinski definition) is 0. The third-order valence-electron chi connectivity index (χ3n) is 2.57. The normalized spacial score (nSPS) is 9.69. The van der Waals surface area contributed by atoms with Gasteiger partial charge in [0.2, 0.25) is 0 Å². The molecular formula is C13H18N2O. The van der Waals surface area contributed by atoms with Crippen LogP contribution < -0.4 is 9.64 Å². The van der Waals surface area contributed by atoms with Crippen LogP contribution in [-0.2, 0) is 0 Å². The third kappa shape index (κ3) is 2.66. The maximum Gasteiger partial charge on any atom is 0.142 e. The second-order valence-electron chi connectivity index (χ2n) is 3.96. The van der Waals surface area contributed by atoms with Crippen molar-refractivity contribution in [2.24, 2.45) is 0 Å². The molecule has 3 heteroatoms. The number of nitriles is 1. The van der Waals surface area contributed by atoms with Gasteiger partial charge in [0.15, 0.2) is 0 Å². The van der Waals surface area contributed by atoms with Gasteiger partial charge in [-0.15, -0.1) is 0 Å². The van der Waals surface area contributed by atoms with E-state index in [0.717, 1.165) is 18.0 Å². The van der Waals surface area contributed by atoms with Crippen molar-refractivity contribution in [1.29, 1.82) is 5.26 Å². The largest absolute Gasteiger partial charge is 0.495 e. The summed E-state index contributed by atoms with van der Waals surface area (Å²) >= 11 is 0. The molecule has 16 heavy (non-hydrogen) atoms. The maximum atomic E-state index is 8.59. The molecule has 0 aromatic heterocycles. The summed E-state index contributed by atoms with van der Waals surface area (Å²) in [5, 5.41) is 8.59. The molecule has 0 atom stereocenters. The highest BCUT2D eigenvalue weighted by Gasteiger charge is 2.11. The molecule has 3 nitrogen and oxygen atoms in total. The second kappa shape index (κ2) is 5.41. The van der Waals surface area contributed by atoms with Crippen molar-refractivity contribution in [2.75, 3.05) is 25.6 Å². The molecule has 0 N–H and O–H groups in total. The topological polar surface area (TPSA) is 36.3 Å². The molecule has 0 spiro atoms. The predicted octanol–water partition coefficient (Wildman–Crippen LogP) is 2.66. The molecule has 0 unspecified atom stereocenters. The van der Waals surface area contributed by atoms with E-state index in [1.54, 1.807) is 7.11 Å². The molecule has 86 valence electrons. The highest BCUT2D eigenvalue weighted by molar-refractivity contribution is 5.64. The van der Waals surface area contributed by atoms with Crippen molar-refractivity contribution in [3.05, 3.63) is 23.3 Å². The number of benzene rings is 1. The third-order valence-corrected chi connectivity index (χ3v) is 2.57. The van der Waals surface area contributed by atoms with Gasteiger partial charge in [0, 0.05) is 13.6 Å². The Balaban J connectivity index is 3.06. The van der Waals surface area contributed by atoms with E-state index >= 15 is 0 Å². The van der Waals surface area contributed by atoms with Crippen LogP contribution in [0.3, 0.4) is 0 Å². The zero-order chi connectivity index (χ0) is 12.1. The Bertz CT molecular complexity index is 407. The SMILES string of the molecule is COc1cc(C)cc(C)c1N(C)CCC#N. The molecule has 1 aromatic rings. The fourth-order valence-electron chi connectivity index (χ4n) is 1.90. The zero-order valence-corrected chi connectivity index (χ0v) is 10.4. The first-order chi connectivity index (χ1) is 7.60. The van der Waals surface area contributed by atoms with Crippen LogP contribution in [0.4, 0.5) is 5.69 Å². The van der Waals surface area contributed by atoms with Gasteiger partial charge in [0.25, 0.3) is 0 Å². The van der Waals surface area contributed by atoms with Gasteiger partial charge < -0.3 is 9.64 Å². The molecule has 1 rings (SSSR count). The van der Waals surface area contributed by atoms with Gasteiger partial charge in [-0.1, -0.05) is 6.07 Å². The summed E-state index contributed by atoms with van der Waals surface area (Å²) in [7, 11) is 3.66. The van der Waals surface area contributed by atoms with Crippen molar-refractivity contribution in [3.63, 3.8) is 0 Å². The molecule has 0 aliphatic rings. The lowest BCUT2D eigenvalue weighted by atomic mass is 10.1. The van der Waals surface area contributed by atoms with Gasteiger partial charge in [-0.05, 0) is 31.0 Å². The molecule has 1 aromatic carbocycles. The first-order valence-corrected chi connectivity index (χ1v) is 5.33. The molecule has 0 aliphatic heterocycles. The van der Waals surface area contributed by atoms with Crippen LogP contribution in [0.25, 0.3) is 0 Å². The van der Waals surface area contributed by atoms with Gasteiger partial charge in [0.05, 0.1) is 25.3 Å². The Morgan fingerprint density at radius 3 is 2.62 bits per heavy atom. The van der Waals surface area contributed by atoms with Crippen LogP contribution in [0.2, 0.25) is 0 Å². The summed E-state index contributed by atoms with van der Waals surface area (Å²) in [5.41, 5.74) is 3.44. The molecular weight excluding hydrogens is 200 g/mol. The monoisotopic (exact) mass is 218 g/mol. The number of aryl methyl sites for hydroxylation is 2. The van der Waals surface area contributed by atoms with Crippen LogP contribution in [0, 0.1) is 25.2 Å². The van der Waals surface area contributed by atoms with Crippen LogP contribution in [0.1, 0.15) is 17.5 Å². The predicted molar refractivity (Wildman–Crippen MR) is 66.0 cm³/mol. The number of ether oxygens (including phenoxy) is 1. The summed E-state index contributed by atoms with van der Waals surface area (Å²) in [6.07, 6.45) is 0.521. The van der Waals surface area contributed by atoms with E-state index in [2.05, 4.69) is 30.9 Å². The summed E-state index contributed by atoms with van der Waals surface area (Å²) in [5.74, 6) is 0.873. The van der Waals surface area contributed by atoms with Crippen molar-refractivity contribution >= 4 is 5.69 Å². The molecule has 0 fully saturated rings. The lowest BCUT2D eigenvalue weighted by molar-refractivity contribution is 0.414. The van der Waals surface area contributed by atoms with Crippen molar-refractivity contribution < 1.29 is 4.74 Å². The summed E-state index contributed by atoms with van der Waals surface area (Å²) in [6, 6.07) is 6.30. The van der Waals surface area contributed by atoms with E-state index in [1.165, 1.54) is 11.1 Å². The smallest absolute Gasteiger partial charge is 0.142 e. The maximum absolute atomic E-state index is 8.59. The van der Waals surface area contributed by atoms with Gasteiger partial charge >= 0.3 is 0 Å². The number of nitrogens with zero attached hydrogens (tertiary/aromatic N) is 2. The van der Waals surface area contributed by atoms with Gasteiger partial charge in [-0.3, -0.25) is 0 Å². The Kier molecular flexibility index (Phi) is 4.19. The minimum absolute atomic E-state index is 0.521. The number of anilines is 1. The van der Waals surface area contributed by atoms with Gasteiger partial charge in [0.1, 0.15) is 5.75 Å². The lowest BCUT2D eigenvalue weighted by Gasteiger charge is -2.23. The first-order valence-electron chi connectivity index (χ1n) is 5.33. The van der Waals surface area contributed by atoms with E-state index in [9.17, 15) is 0 Å². The summed E-state index contributed by atoms with van der Waals surface area (Å²) < 4.78 is 5.38. The van der Waals surface area contributed by atoms with Crippen molar-refractivity contribution in [2.45, 2.75) is 20.3 Å². The van der Waals surface area contributed by atoms with E-state index in [0.29, 0.717) is 6.42 Å². The highest BCUT2D eigenvalue weighted by Crippen LogP contribution is 2.32. The van der Waals surface area contributed by atoms with Crippen LogP contribution in [0.5, 0.6) is 5.75 Å². The van der Waals surface area contributed by atoms with Crippen LogP contribution >= 0.6 is 0 Å². The van der Waals surface area contributed by atoms with Crippen molar-refractivity contribution in [3.8, 4) is 11.8 Å². The number of hydrogen-bond acceptors (Lipinski definition) is 3. The van der Waals surface area contributed by atoms with E-state index < -0.39 is 0 Å².